The summed E-state index contributed by atoms with van der Waals surface area (Å²) in [7, 11) is 0. The smallest absolute Gasteiger partial charge is 0.335 e. The van der Waals surface area contributed by atoms with Crippen molar-refractivity contribution in [2.24, 2.45) is 0 Å². The largest absolute Gasteiger partial charge is 0.486 e. The van der Waals surface area contributed by atoms with E-state index in [0.29, 0.717) is 18.7 Å². The first kappa shape index (κ1) is 23.8. The third-order valence-corrected chi connectivity index (χ3v) is 6.55. The van der Waals surface area contributed by atoms with Gasteiger partial charge in [-0.15, -0.1) is 0 Å². The van der Waals surface area contributed by atoms with Crippen molar-refractivity contribution in [1.29, 1.82) is 0 Å². The summed E-state index contributed by atoms with van der Waals surface area (Å²) >= 11 is 0. The van der Waals surface area contributed by atoms with Crippen molar-refractivity contribution in [3.63, 3.8) is 0 Å². The molecule has 2 N–H and O–H groups in total. The number of ether oxygens (including phenoxy) is 1. The summed E-state index contributed by atoms with van der Waals surface area (Å²) in [4.78, 5) is 13.1. The molecule has 0 bridgehead atoms. The monoisotopic (exact) mass is 488 g/mol. The van der Waals surface area contributed by atoms with Gasteiger partial charge < -0.3 is 20.1 Å². The number of carboxylic acid groups (broad SMARTS) is 1. The SMILES string of the molecule is C[C@@H](NCCC1CN(c2cc(F)cc(C(=O)O)c2)c2c(F)cccc2O1)c1cccc2ccccc12. The molecule has 7 heteroatoms. The molecule has 184 valence electrons. The number of nitrogens with zero attached hydrogens (tertiary/aromatic N) is 1. The number of hydrogen-bond donors (Lipinski definition) is 2. The van der Waals surface area contributed by atoms with Crippen molar-refractivity contribution in [2.75, 3.05) is 18.0 Å². The van der Waals surface area contributed by atoms with Gasteiger partial charge in [0.15, 0.2) is 5.82 Å². The molecule has 0 aromatic heterocycles. The van der Waals surface area contributed by atoms with E-state index in [1.807, 2.05) is 18.2 Å². The van der Waals surface area contributed by atoms with Crippen molar-refractivity contribution in [2.45, 2.75) is 25.5 Å². The second kappa shape index (κ2) is 9.95. The van der Waals surface area contributed by atoms with Crippen LogP contribution in [0.1, 0.15) is 35.3 Å². The van der Waals surface area contributed by atoms with Gasteiger partial charge in [0.25, 0.3) is 0 Å². The van der Waals surface area contributed by atoms with E-state index in [1.165, 1.54) is 34.5 Å². The first-order valence-corrected chi connectivity index (χ1v) is 11.9. The highest BCUT2D eigenvalue weighted by Gasteiger charge is 2.30. The summed E-state index contributed by atoms with van der Waals surface area (Å²) in [6, 6.07) is 22.7. The fraction of sp³-hybridized carbons (Fsp3) is 0.207. The van der Waals surface area contributed by atoms with Gasteiger partial charge in [0.05, 0.1) is 12.1 Å². The number of rotatable bonds is 7. The van der Waals surface area contributed by atoms with E-state index in [-0.39, 0.29) is 35.6 Å². The van der Waals surface area contributed by atoms with Crippen LogP contribution in [0, 0.1) is 11.6 Å². The molecule has 1 aliphatic heterocycles. The van der Waals surface area contributed by atoms with Crippen LogP contribution in [0.4, 0.5) is 20.2 Å². The third kappa shape index (κ3) is 4.75. The summed E-state index contributed by atoms with van der Waals surface area (Å²) in [5.41, 5.74) is 1.45. The maximum absolute atomic E-state index is 14.8. The van der Waals surface area contributed by atoms with Gasteiger partial charge in [-0.05, 0) is 66.6 Å². The van der Waals surface area contributed by atoms with Crippen molar-refractivity contribution in [3.8, 4) is 5.75 Å². The fourth-order valence-electron chi connectivity index (χ4n) is 4.80. The minimum absolute atomic E-state index is 0.0990. The predicted molar refractivity (Wildman–Crippen MR) is 136 cm³/mol. The Morgan fingerprint density at radius 1 is 1.08 bits per heavy atom. The normalized spacial score (nSPS) is 15.9. The van der Waals surface area contributed by atoms with Crippen LogP contribution >= 0.6 is 0 Å². The van der Waals surface area contributed by atoms with Crippen LogP contribution in [0.15, 0.2) is 78.9 Å². The van der Waals surface area contributed by atoms with E-state index in [4.69, 9.17) is 4.74 Å². The second-order valence-electron chi connectivity index (χ2n) is 8.97. The fourth-order valence-corrected chi connectivity index (χ4v) is 4.80. The van der Waals surface area contributed by atoms with E-state index < -0.39 is 17.6 Å². The molecule has 2 atom stereocenters. The first-order valence-electron chi connectivity index (χ1n) is 11.9. The molecule has 5 rings (SSSR count). The average molecular weight is 489 g/mol. The summed E-state index contributed by atoms with van der Waals surface area (Å²) < 4.78 is 35.2. The average Bonchev–Trinajstić information content (AvgIpc) is 2.87. The van der Waals surface area contributed by atoms with E-state index in [0.717, 1.165) is 6.07 Å². The Balaban J connectivity index is 1.35. The Kier molecular flexibility index (Phi) is 6.57. The van der Waals surface area contributed by atoms with Crippen molar-refractivity contribution in [3.05, 3.63) is 102 Å². The third-order valence-electron chi connectivity index (χ3n) is 6.55. The molecule has 0 saturated heterocycles. The van der Waals surface area contributed by atoms with Crippen molar-refractivity contribution >= 4 is 28.1 Å². The van der Waals surface area contributed by atoms with Crippen molar-refractivity contribution < 1.29 is 23.4 Å². The van der Waals surface area contributed by atoms with Crippen LogP contribution in [0.5, 0.6) is 5.75 Å². The van der Waals surface area contributed by atoms with Crippen molar-refractivity contribution in [1.82, 2.24) is 5.32 Å². The highest BCUT2D eigenvalue weighted by atomic mass is 19.1. The number of benzene rings is 4. The number of carbonyl (C=O) groups is 1. The van der Waals surface area contributed by atoms with Gasteiger partial charge in [0, 0.05) is 11.7 Å². The van der Waals surface area contributed by atoms with Gasteiger partial charge >= 0.3 is 5.97 Å². The van der Waals surface area contributed by atoms with Crippen LogP contribution in [-0.4, -0.2) is 30.3 Å². The molecule has 0 fully saturated rings. The molecule has 1 aliphatic rings. The lowest BCUT2D eigenvalue weighted by Crippen LogP contribution is -2.40. The minimum atomic E-state index is -1.25. The van der Waals surface area contributed by atoms with Gasteiger partial charge in [0.1, 0.15) is 23.4 Å². The van der Waals surface area contributed by atoms with Gasteiger partial charge in [-0.25, -0.2) is 13.6 Å². The van der Waals surface area contributed by atoms with E-state index in [1.54, 1.807) is 17.0 Å². The van der Waals surface area contributed by atoms with E-state index in [9.17, 15) is 18.7 Å². The minimum Gasteiger partial charge on any atom is -0.486 e. The maximum atomic E-state index is 14.8. The number of halogens is 2. The van der Waals surface area contributed by atoms with Gasteiger partial charge in [-0.2, -0.15) is 0 Å². The second-order valence-corrected chi connectivity index (χ2v) is 8.97. The lowest BCUT2D eigenvalue weighted by molar-refractivity contribution is 0.0696. The van der Waals surface area contributed by atoms with Gasteiger partial charge in [-0.3, -0.25) is 0 Å². The lowest BCUT2D eigenvalue weighted by atomic mass is 9.99. The number of para-hydroxylation sites is 1. The Labute approximate surface area is 207 Å². The molecule has 0 aliphatic carbocycles. The Hall–Kier alpha value is -3.97. The van der Waals surface area contributed by atoms with Crippen LogP contribution in [-0.2, 0) is 0 Å². The number of anilines is 2. The zero-order valence-electron chi connectivity index (χ0n) is 19.7. The number of carboxylic acids is 1. The molecule has 4 aromatic carbocycles. The first-order chi connectivity index (χ1) is 17.4. The zero-order valence-corrected chi connectivity index (χ0v) is 19.7. The van der Waals surface area contributed by atoms with Crippen LogP contribution in [0.2, 0.25) is 0 Å². The highest BCUT2D eigenvalue weighted by molar-refractivity contribution is 5.89. The van der Waals surface area contributed by atoms with Crippen LogP contribution in [0.3, 0.4) is 0 Å². The molecule has 1 unspecified atom stereocenters. The summed E-state index contributed by atoms with van der Waals surface area (Å²) in [6.45, 7) is 3.00. The number of hydrogen-bond acceptors (Lipinski definition) is 4. The Morgan fingerprint density at radius 3 is 2.69 bits per heavy atom. The van der Waals surface area contributed by atoms with Crippen LogP contribution in [0.25, 0.3) is 10.8 Å². The van der Waals surface area contributed by atoms with E-state index >= 15 is 0 Å². The molecular formula is C29H26F2N2O3. The number of aromatic carboxylic acids is 1. The standard InChI is InChI=1S/C29H26F2N2O3/c1-18(24-9-4-7-19-6-2-3-8-25(19)24)32-13-12-23-17-33(28-26(31)10-5-11-27(28)36-23)22-15-20(29(34)35)14-21(30)16-22/h2-11,14-16,18,23,32H,12-13,17H2,1H3,(H,34,35)/t18-,23?/m1/s1. The van der Waals surface area contributed by atoms with Crippen LogP contribution < -0.4 is 15.0 Å². The molecular weight excluding hydrogens is 462 g/mol. The molecule has 0 spiro atoms. The quantitative estimate of drug-likeness (QED) is 0.313. The molecule has 1 heterocycles. The van der Waals surface area contributed by atoms with Gasteiger partial charge in [0.2, 0.25) is 0 Å². The predicted octanol–water partition coefficient (Wildman–Crippen LogP) is 6.46. The topological polar surface area (TPSA) is 61.8 Å². The number of nitrogens with one attached hydrogen (secondary N) is 1. The Bertz CT molecular complexity index is 1420. The zero-order chi connectivity index (χ0) is 25.2. The van der Waals surface area contributed by atoms with Gasteiger partial charge in [-0.1, -0.05) is 48.5 Å². The summed E-state index contributed by atoms with van der Waals surface area (Å²) in [5, 5.41) is 15.3. The molecule has 0 saturated carbocycles. The van der Waals surface area contributed by atoms with E-state index in [2.05, 4.69) is 36.5 Å². The molecule has 36 heavy (non-hydrogen) atoms. The number of fused-ring (bicyclic) bond motifs is 2. The highest BCUT2D eigenvalue weighted by Crippen LogP contribution is 2.41. The molecule has 4 aromatic rings. The molecule has 0 amide bonds. The summed E-state index contributed by atoms with van der Waals surface area (Å²) in [6.07, 6.45) is 0.297. The molecule has 5 nitrogen and oxygen atoms in total. The molecule has 0 radical (unpaired) electrons. The Morgan fingerprint density at radius 2 is 1.86 bits per heavy atom. The summed E-state index contributed by atoms with van der Waals surface area (Å²) in [5.74, 6) is -2.12. The maximum Gasteiger partial charge on any atom is 0.335 e. The lowest BCUT2D eigenvalue weighted by Gasteiger charge is -2.37.